The number of thiazole rings is 1. The molecule has 0 atom stereocenters. The molecule has 16 heavy (non-hydrogen) atoms. The third kappa shape index (κ3) is 2.05. The molecule has 0 fully saturated rings. The summed E-state index contributed by atoms with van der Waals surface area (Å²) in [5, 5.41) is 2.64. The first-order valence-corrected chi connectivity index (χ1v) is 5.61. The minimum atomic E-state index is -0.385. The lowest BCUT2D eigenvalue weighted by Crippen LogP contribution is -1.95. The Morgan fingerprint density at radius 3 is 2.88 bits per heavy atom. The van der Waals surface area contributed by atoms with Crippen molar-refractivity contribution in [2.24, 2.45) is 5.73 Å². The SMILES string of the molecule is COc1ccc(-c2nc(CN)cs2)cc1F. The second kappa shape index (κ2) is 4.59. The fraction of sp³-hybridized carbons (Fsp3) is 0.182. The molecule has 2 aromatic rings. The van der Waals surface area contributed by atoms with E-state index in [1.807, 2.05) is 5.38 Å². The Morgan fingerprint density at radius 1 is 1.50 bits per heavy atom. The number of halogens is 1. The van der Waals surface area contributed by atoms with Gasteiger partial charge in [0.15, 0.2) is 11.6 Å². The molecular weight excluding hydrogens is 227 g/mol. The average Bonchev–Trinajstić information content (AvgIpc) is 2.77. The van der Waals surface area contributed by atoms with Crippen molar-refractivity contribution in [3.8, 4) is 16.3 Å². The molecule has 0 bridgehead atoms. The van der Waals surface area contributed by atoms with Gasteiger partial charge in [0.2, 0.25) is 0 Å². The van der Waals surface area contributed by atoms with Crippen LogP contribution in [0.2, 0.25) is 0 Å². The highest BCUT2D eigenvalue weighted by Crippen LogP contribution is 2.27. The lowest BCUT2D eigenvalue weighted by molar-refractivity contribution is 0.386. The number of aromatic nitrogens is 1. The maximum absolute atomic E-state index is 13.5. The van der Waals surface area contributed by atoms with E-state index in [1.54, 1.807) is 12.1 Å². The number of hydrogen-bond acceptors (Lipinski definition) is 4. The standard InChI is InChI=1S/C11H11FN2OS/c1-15-10-3-2-7(4-9(10)12)11-14-8(5-13)6-16-11/h2-4,6H,5,13H2,1H3. The van der Waals surface area contributed by atoms with Gasteiger partial charge in [-0.05, 0) is 18.2 Å². The monoisotopic (exact) mass is 238 g/mol. The summed E-state index contributed by atoms with van der Waals surface area (Å²) in [7, 11) is 1.44. The van der Waals surface area contributed by atoms with Crippen LogP contribution in [0.1, 0.15) is 5.69 Å². The van der Waals surface area contributed by atoms with Crippen LogP contribution in [0.4, 0.5) is 4.39 Å². The molecule has 1 aromatic carbocycles. The fourth-order valence-electron chi connectivity index (χ4n) is 1.33. The average molecular weight is 238 g/mol. The number of nitrogens with two attached hydrogens (primary N) is 1. The van der Waals surface area contributed by atoms with E-state index < -0.39 is 0 Å². The van der Waals surface area contributed by atoms with Crippen LogP contribution < -0.4 is 10.5 Å². The highest BCUT2D eigenvalue weighted by molar-refractivity contribution is 7.13. The molecule has 2 N–H and O–H groups in total. The van der Waals surface area contributed by atoms with Gasteiger partial charge in [-0.2, -0.15) is 0 Å². The normalized spacial score (nSPS) is 10.4. The number of methoxy groups -OCH3 is 1. The van der Waals surface area contributed by atoms with E-state index >= 15 is 0 Å². The summed E-state index contributed by atoms with van der Waals surface area (Å²) in [5.74, 6) is -0.149. The van der Waals surface area contributed by atoms with Crippen molar-refractivity contribution in [2.45, 2.75) is 6.54 Å². The van der Waals surface area contributed by atoms with Gasteiger partial charge in [-0.3, -0.25) is 0 Å². The molecule has 0 radical (unpaired) electrons. The van der Waals surface area contributed by atoms with E-state index in [0.717, 1.165) is 16.3 Å². The molecular formula is C11H11FN2OS. The van der Waals surface area contributed by atoms with Gasteiger partial charge in [-0.1, -0.05) is 0 Å². The van der Waals surface area contributed by atoms with Crippen LogP contribution in [0.25, 0.3) is 10.6 Å². The number of rotatable bonds is 3. The van der Waals surface area contributed by atoms with Crippen molar-refractivity contribution in [1.82, 2.24) is 4.98 Å². The van der Waals surface area contributed by atoms with Crippen molar-refractivity contribution in [2.75, 3.05) is 7.11 Å². The van der Waals surface area contributed by atoms with Crippen molar-refractivity contribution in [3.05, 3.63) is 35.1 Å². The largest absolute Gasteiger partial charge is 0.494 e. The summed E-state index contributed by atoms with van der Waals surface area (Å²) >= 11 is 1.45. The molecule has 1 aromatic heterocycles. The van der Waals surface area contributed by atoms with E-state index in [0.29, 0.717) is 6.54 Å². The molecule has 84 valence electrons. The molecule has 0 aliphatic heterocycles. The minimum absolute atomic E-state index is 0.236. The summed E-state index contributed by atoms with van der Waals surface area (Å²) in [4.78, 5) is 4.28. The van der Waals surface area contributed by atoms with Gasteiger partial charge in [0.05, 0.1) is 12.8 Å². The Morgan fingerprint density at radius 2 is 2.31 bits per heavy atom. The Kier molecular flexibility index (Phi) is 3.17. The molecule has 0 spiro atoms. The van der Waals surface area contributed by atoms with Crippen molar-refractivity contribution < 1.29 is 9.13 Å². The zero-order valence-electron chi connectivity index (χ0n) is 8.74. The lowest BCUT2D eigenvalue weighted by Gasteiger charge is -2.02. The second-order valence-corrected chi connectivity index (χ2v) is 4.06. The number of hydrogen-bond donors (Lipinski definition) is 1. The molecule has 0 saturated heterocycles. The van der Waals surface area contributed by atoms with Crippen molar-refractivity contribution >= 4 is 11.3 Å². The third-order valence-corrected chi connectivity index (χ3v) is 3.10. The van der Waals surface area contributed by atoms with Gasteiger partial charge in [0.25, 0.3) is 0 Å². The molecule has 0 amide bonds. The van der Waals surface area contributed by atoms with Crippen molar-refractivity contribution in [3.63, 3.8) is 0 Å². The van der Waals surface area contributed by atoms with E-state index in [2.05, 4.69) is 4.98 Å². The minimum Gasteiger partial charge on any atom is -0.494 e. The van der Waals surface area contributed by atoms with Crippen LogP contribution in [0.5, 0.6) is 5.75 Å². The van der Waals surface area contributed by atoms with E-state index in [1.165, 1.54) is 24.5 Å². The quantitative estimate of drug-likeness (QED) is 0.893. The summed E-state index contributed by atoms with van der Waals surface area (Å²) < 4.78 is 18.3. The Hall–Kier alpha value is -1.46. The first kappa shape index (κ1) is 11.0. The van der Waals surface area contributed by atoms with Crippen LogP contribution in [0.3, 0.4) is 0 Å². The lowest BCUT2D eigenvalue weighted by atomic mass is 10.2. The molecule has 5 heteroatoms. The molecule has 2 rings (SSSR count). The van der Waals surface area contributed by atoms with Gasteiger partial charge in [-0.25, -0.2) is 9.37 Å². The Balaban J connectivity index is 2.37. The summed E-state index contributed by atoms with van der Waals surface area (Å²) in [6, 6.07) is 4.78. The summed E-state index contributed by atoms with van der Waals surface area (Å²) in [6.45, 7) is 0.398. The predicted molar refractivity (Wildman–Crippen MR) is 62.0 cm³/mol. The molecule has 0 unspecified atom stereocenters. The van der Waals surface area contributed by atoms with Gasteiger partial charge < -0.3 is 10.5 Å². The topological polar surface area (TPSA) is 48.1 Å². The Labute approximate surface area is 96.7 Å². The van der Waals surface area contributed by atoms with Crippen LogP contribution in [-0.4, -0.2) is 12.1 Å². The zero-order valence-corrected chi connectivity index (χ0v) is 9.55. The molecule has 0 aliphatic carbocycles. The van der Waals surface area contributed by atoms with E-state index in [9.17, 15) is 4.39 Å². The van der Waals surface area contributed by atoms with Gasteiger partial charge >= 0.3 is 0 Å². The van der Waals surface area contributed by atoms with Gasteiger partial charge in [0.1, 0.15) is 5.01 Å². The van der Waals surface area contributed by atoms with E-state index in [4.69, 9.17) is 10.5 Å². The zero-order chi connectivity index (χ0) is 11.5. The summed E-state index contributed by atoms with van der Waals surface area (Å²) in [5.41, 5.74) is 7.02. The molecule has 0 saturated carbocycles. The maximum Gasteiger partial charge on any atom is 0.165 e. The second-order valence-electron chi connectivity index (χ2n) is 3.20. The molecule has 3 nitrogen and oxygen atoms in total. The van der Waals surface area contributed by atoms with Crippen LogP contribution >= 0.6 is 11.3 Å². The summed E-state index contributed by atoms with van der Waals surface area (Å²) in [6.07, 6.45) is 0. The highest BCUT2D eigenvalue weighted by atomic mass is 32.1. The van der Waals surface area contributed by atoms with Crippen LogP contribution in [0.15, 0.2) is 23.6 Å². The van der Waals surface area contributed by atoms with Gasteiger partial charge in [-0.15, -0.1) is 11.3 Å². The predicted octanol–water partition coefficient (Wildman–Crippen LogP) is 2.42. The van der Waals surface area contributed by atoms with Gasteiger partial charge in [0, 0.05) is 17.5 Å². The number of benzene rings is 1. The molecule has 0 aliphatic rings. The maximum atomic E-state index is 13.5. The fourth-order valence-corrected chi connectivity index (χ4v) is 2.16. The number of ether oxygens (including phenoxy) is 1. The first-order valence-electron chi connectivity index (χ1n) is 4.73. The highest BCUT2D eigenvalue weighted by Gasteiger charge is 2.08. The third-order valence-electron chi connectivity index (χ3n) is 2.16. The molecule has 1 heterocycles. The first-order chi connectivity index (χ1) is 7.74. The number of nitrogens with zero attached hydrogens (tertiary/aromatic N) is 1. The van der Waals surface area contributed by atoms with E-state index in [-0.39, 0.29) is 11.6 Å². The van der Waals surface area contributed by atoms with Crippen LogP contribution in [-0.2, 0) is 6.54 Å². The van der Waals surface area contributed by atoms with Crippen LogP contribution in [0, 0.1) is 5.82 Å². The smallest absolute Gasteiger partial charge is 0.165 e. The Bertz CT molecular complexity index is 498. The van der Waals surface area contributed by atoms with Crippen molar-refractivity contribution in [1.29, 1.82) is 0 Å².